The Morgan fingerprint density at radius 1 is 1.29 bits per heavy atom. The van der Waals surface area contributed by atoms with Crippen molar-refractivity contribution in [1.82, 2.24) is 10.4 Å². The molecule has 1 heterocycles. The van der Waals surface area contributed by atoms with Crippen molar-refractivity contribution >= 4 is 5.91 Å². The van der Waals surface area contributed by atoms with Gasteiger partial charge in [0.15, 0.2) is 0 Å². The first-order valence-electron chi connectivity index (χ1n) is 5.53. The molecule has 0 atom stereocenters. The number of carbonyl (C=O) groups excluding carboxylic acids is 1. The first kappa shape index (κ1) is 9.93. The molecule has 0 bridgehead atoms. The van der Waals surface area contributed by atoms with Crippen molar-refractivity contribution in [2.75, 3.05) is 19.6 Å². The van der Waals surface area contributed by atoms with Crippen molar-refractivity contribution in [3.63, 3.8) is 0 Å². The summed E-state index contributed by atoms with van der Waals surface area (Å²) in [5.41, 5.74) is 8.37. The third-order valence-electron chi connectivity index (χ3n) is 3.34. The predicted molar refractivity (Wildman–Crippen MR) is 54.3 cm³/mol. The lowest BCUT2D eigenvalue weighted by Crippen LogP contribution is -2.49. The normalized spacial score (nSPS) is 25.8. The lowest BCUT2D eigenvalue weighted by Gasteiger charge is -2.28. The van der Waals surface area contributed by atoms with E-state index in [9.17, 15) is 4.79 Å². The Morgan fingerprint density at radius 3 is 2.43 bits per heavy atom. The minimum atomic E-state index is -0.211. The Kier molecular flexibility index (Phi) is 2.74. The van der Waals surface area contributed by atoms with Crippen LogP contribution in [-0.4, -0.2) is 30.6 Å². The van der Waals surface area contributed by atoms with E-state index in [1.54, 1.807) is 0 Å². The molecule has 0 unspecified atom stereocenters. The Hall–Kier alpha value is -0.610. The molecule has 14 heavy (non-hydrogen) atoms. The average Bonchev–Trinajstić information content (AvgIpc) is 3.00. The molecule has 0 aromatic rings. The van der Waals surface area contributed by atoms with Gasteiger partial charge in [-0.05, 0) is 25.7 Å². The Balaban J connectivity index is 1.81. The molecule has 2 aliphatic rings. The topological polar surface area (TPSA) is 58.4 Å². The molecule has 1 aliphatic heterocycles. The first-order valence-corrected chi connectivity index (χ1v) is 5.53. The molecule has 1 saturated heterocycles. The zero-order valence-electron chi connectivity index (χ0n) is 8.59. The molecule has 1 amide bonds. The number of nitrogens with one attached hydrogen (secondary N) is 1. The van der Waals surface area contributed by atoms with Crippen LogP contribution in [0.3, 0.4) is 0 Å². The molecule has 1 aliphatic carbocycles. The summed E-state index contributed by atoms with van der Waals surface area (Å²) >= 11 is 0. The van der Waals surface area contributed by atoms with E-state index >= 15 is 0 Å². The van der Waals surface area contributed by atoms with E-state index in [4.69, 9.17) is 5.73 Å². The third kappa shape index (κ3) is 1.91. The summed E-state index contributed by atoms with van der Waals surface area (Å²) in [5, 5.41) is 2.04. The van der Waals surface area contributed by atoms with Gasteiger partial charge >= 0.3 is 0 Å². The fraction of sp³-hybridized carbons (Fsp3) is 0.900. The number of hydrogen-bond donors (Lipinski definition) is 2. The molecule has 0 aromatic heterocycles. The van der Waals surface area contributed by atoms with E-state index in [-0.39, 0.29) is 11.3 Å². The third-order valence-corrected chi connectivity index (χ3v) is 3.34. The number of hydrogen-bond acceptors (Lipinski definition) is 3. The molecule has 80 valence electrons. The van der Waals surface area contributed by atoms with Gasteiger partial charge in [-0.1, -0.05) is 6.42 Å². The van der Waals surface area contributed by atoms with Crippen LogP contribution in [0, 0.1) is 5.41 Å². The zero-order chi connectivity index (χ0) is 10.0. The van der Waals surface area contributed by atoms with E-state index in [1.807, 2.05) is 5.01 Å². The van der Waals surface area contributed by atoms with Crippen molar-refractivity contribution in [2.45, 2.75) is 32.1 Å². The molecule has 0 spiro atoms. The zero-order valence-corrected chi connectivity index (χ0v) is 8.59. The number of nitrogens with two attached hydrogens (primary N) is 1. The highest BCUT2D eigenvalue weighted by Crippen LogP contribution is 2.44. The van der Waals surface area contributed by atoms with Crippen molar-refractivity contribution in [2.24, 2.45) is 11.1 Å². The van der Waals surface area contributed by atoms with Crippen molar-refractivity contribution < 1.29 is 4.79 Å². The standard InChI is InChI=1S/C10H19N3O/c11-8-10(4-5-10)9(14)12-13-6-2-1-3-7-13/h1-8,11H2,(H,12,14). The quantitative estimate of drug-likeness (QED) is 0.681. The van der Waals surface area contributed by atoms with Gasteiger partial charge in [-0.3, -0.25) is 10.2 Å². The SMILES string of the molecule is NCC1(C(=O)NN2CCCCC2)CC1. The molecule has 4 heteroatoms. The van der Waals surface area contributed by atoms with Crippen LogP contribution < -0.4 is 11.2 Å². The van der Waals surface area contributed by atoms with E-state index in [0.29, 0.717) is 6.54 Å². The number of amides is 1. The van der Waals surface area contributed by atoms with E-state index < -0.39 is 0 Å². The van der Waals surface area contributed by atoms with Crippen molar-refractivity contribution in [3.8, 4) is 0 Å². The summed E-state index contributed by atoms with van der Waals surface area (Å²) in [6.07, 6.45) is 5.59. The summed E-state index contributed by atoms with van der Waals surface area (Å²) in [4.78, 5) is 11.8. The van der Waals surface area contributed by atoms with Gasteiger partial charge < -0.3 is 5.73 Å². The van der Waals surface area contributed by atoms with Crippen LogP contribution in [0.5, 0.6) is 0 Å². The predicted octanol–water partition coefficient (Wildman–Crippen LogP) is 0.242. The lowest BCUT2D eigenvalue weighted by atomic mass is 10.1. The Bertz CT molecular complexity index is 219. The van der Waals surface area contributed by atoms with Gasteiger partial charge in [0.2, 0.25) is 5.91 Å². The highest BCUT2D eigenvalue weighted by atomic mass is 16.2. The maximum absolute atomic E-state index is 11.8. The fourth-order valence-corrected chi connectivity index (χ4v) is 1.94. The maximum atomic E-state index is 11.8. The molecular formula is C10H19N3O. The summed E-state index contributed by atoms with van der Waals surface area (Å²) in [6, 6.07) is 0. The number of hydrazine groups is 1. The minimum Gasteiger partial charge on any atom is -0.329 e. The fourth-order valence-electron chi connectivity index (χ4n) is 1.94. The Labute approximate surface area is 84.8 Å². The van der Waals surface area contributed by atoms with E-state index in [0.717, 1.165) is 25.9 Å². The number of piperidine rings is 1. The summed E-state index contributed by atoms with van der Waals surface area (Å²) in [5.74, 6) is 0.141. The average molecular weight is 197 g/mol. The minimum absolute atomic E-state index is 0.141. The van der Waals surface area contributed by atoms with E-state index in [2.05, 4.69) is 5.43 Å². The smallest absolute Gasteiger partial charge is 0.241 e. The highest BCUT2D eigenvalue weighted by Gasteiger charge is 2.48. The van der Waals surface area contributed by atoms with Gasteiger partial charge in [0.25, 0.3) is 0 Å². The van der Waals surface area contributed by atoms with Crippen LogP contribution in [0.4, 0.5) is 0 Å². The first-order chi connectivity index (χ1) is 6.77. The molecule has 2 fully saturated rings. The van der Waals surface area contributed by atoms with Gasteiger partial charge in [0.05, 0.1) is 5.41 Å². The van der Waals surface area contributed by atoms with Gasteiger partial charge in [-0.25, -0.2) is 5.01 Å². The van der Waals surface area contributed by atoms with Gasteiger partial charge in [-0.2, -0.15) is 0 Å². The summed E-state index contributed by atoms with van der Waals surface area (Å²) < 4.78 is 0. The molecule has 1 saturated carbocycles. The number of carbonyl (C=O) groups is 1. The highest BCUT2D eigenvalue weighted by molar-refractivity contribution is 5.85. The number of nitrogens with zero attached hydrogens (tertiary/aromatic N) is 1. The van der Waals surface area contributed by atoms with E-state index in [1.165, 1.54) is 19.3 Å². The Morgan fingerprint density at radius 2 is 1.93 bits per heavy atom. The van der Waals surface area contributed by atoms with Crippen LogP contribution in [0.25, 0.3) is 0 Å². The molecule has 2 rings (SSSR count). The molecule has 3 N–H and O–H groups in total. The van der Waals surface area contributed by atoms with Crippen LogP contribution in [-0.2, 0) is 4.79 Å². The van der Waals surface area contributed by atoms with Crippen LogP contribution in [0.15, 0.2) is 0 Å². The molecule has 0 aromatic carbocycles. The second-order valence-electron chi connectivity index (χ2n) is 4.47. The van der Waals surface area contributed by atoms with Gasteiger partial charge in [0, 0.05) is 19.6 Å². The van der Waals surface area contributed by atoms with Gasteiger partial charge in [0.1, 0.15) is 0 Å². The maximum Gasteiger partial charge on any atom is 0.241 e. The lowest BCUT2D eigenvalue weighted by molar-refractivity contribution is -0.131. The molecular weight excluding hydrogens is 178 g/mol. The van der Waals surface area contributed by atoms with Gasteiger partial charge in [-0.15, -0.1) is 0 Å². The largest absolute Gasteiger partial charge is 0.329 e. The molecule has 0 radical (unpaired) electrons. The molecule has 4 nitrogen and oxygen atoms in total. The monoisotopic (exact) mass is 197 g/mol. The van der Waals surface area contributed by atoms with Crippen LogP contribution in [0.1, 0.15) is 32.1 Å². The number of rotatable bonds is 3. The summed E-state index contributed by atoms with van der Waals surface area (Å²) in [7, 11) is 0. The van der Waals surface area contributed by atoms with Crippen LogP contribution in [0.2, 0.25) is 0 Å². The second-order valence-corrected chi connectivity index (χ2v) is 4.47. The van der Waals surface area contributed by atoms with Crippen molar-refractivity contribution in [3.05, 3.63) is 0 Å². The van der Waals surface area contributed by atoms with Crippen LogP contribution >= 0.6 is 0 Å². The summed E-state index contributed by atoms with van der Waals surface area (Å²) in [6.45, 7) is 2.48. The second kappa shape index (κ2) is 3.87. The van der Waals surface area contributed by atoms with Crippen molar-refractivity contribution in [1.29, 1.82) is 0 Å².